The number of hydrogen-bond acceptors (Lipinski definition) is 4. The maximum Gasteiger partial charge on any atom is 0.397 e. The SMILES string of the molecule is C=CCOP(=O)(OCC=C)C(=O)C(C)(C)C. The summed E-state index contributed by atoms with van der Waals surface area (Å²) in [5, 5.41) is 0. The third-order valence-corrected chi connectivity index (χ3v) is 3.76. The number of hydrogen-bond donors (Lipinski definition) is 0. The zero-order valence-corrected chi connectivity index (χ0v) is 11.0. The number of rotatable bonds is 7. The Morgan fingerprint density at radius 2 is 1.56 bits per heavy atom. The Morgan fingerprint density at radius 1 is 1.19 bits per heavy atom. The summed E-state index contributed by atoms with van der Waals surface area (Å²) < 4.78 is 22.2. The molecule has 0 N–H and O–H groups in total. The molecule has 5 heteroatoms. The van der Waals surface area contributed by atoms with Gasteiger partial charge in [0.1, 0.15) is 0 Å². The van der Waals surface area contributed by atoms with Crippen LogP contribution in [0.5, 0.6) is 0 Å². The van der Waals surface area contributed by atoms with E-state index in [1.54, 1.807) is 20.8 Å². The van der Waals surface area contributed by atoms with Gasteiger partial charge < -0.3 is 0 Å². The normalized spacial score (nSPS) is 12.2. The molecule has 92 valence electrons. The third kappa shape index (κ3) is 4.44. The molecular weight excluding hydrogens is 227 g/mol. The van der Waals surface area contributed by atoms with Crippen LogP contribution < -0.4 is 0 Å². The van der Waals surface area contributed by atoms with Gasteiger partial charge in [-0.05, 0) is 0 Å². The largest absolute Gasteiger partial charge is 0.397 e. The Bertz CT molecular complexity index is 298. The highest BCUT2D eigenvalue weighted by atomic mass is 31.2. The summed E-state index contributed by atoms with van der Waals surface area (Å²) in [6.07, 6.45) is 2.83. The van der Waals surface area contributed by atoms with Crippen LogP contribution >= 0.6 is 7.60 Å². The van der Waals surface area contributed by atoms with Crippen molar-refractivity contribution in [3.63, 3.8) is 0 Å². The maximum absolute atomic E-state index is 12.2. The van der Waals surface area contributed by atoms with Crippen molar-refractivity contribution in [1.82, 2.24) is 0 Å². The molecule has 0 bridgehead atoms. The van der Waals surface area contributed by atoms with E-state index in [4.69, 9.17) is 9.05 Å². The molecule has 0 saturated carbocycles. The van der Waals surface area contributed by atoms with Crippen molar-refractivity contribution in [1.29, 1.82) is 0 Å². The third-order valence-electron chi connectivity index (χ3n) is 1.62. The van der Waals surface area contributed by atoms with Crippen LogP contribution in [-0.4, -0.2) is 18.7 Å². The van der Waals surface area contributed by atoms with Crippen molar-refractivity contribution in [2.45, 2.75) is 20.8 Å². The first kappa shape index (κ1) is 15.3. The van der Waals surface area contributed by atoms with Crippen molar-refractivity contribution >= 4 is 13.1 Å². The second kappa shape index (κ2) is 6.14. The van der Waals surface area contributed by atoms with Crippen LogP contribution in [-0.2, 0) is 18.4 Å². The number of carbonyl (C=O) groups is 1. The highest BCUT2D eigenvalue weighted by Crippen LogP contribution is 2.53. The average molecular weight is 246 g/mol. The minimum atomic E-state index is -3.75. The Balaban J connectivity index is 4.91. The molecular formula is C11H19O4P. The molecule has 0 amide bonds. The van der Waals surface area contributed by atoms with Crippen molar-refractivity contribution < 1.29 is 18.4 Å². The topological polar surface area (TPSA) is 52.6 Å². The molecule has 0 aliphatic rings. The van der Waals surface area contributed by atoms with Crippen LogP contribution in [0, 0.1) is 5.41 Å². The van der Waals surface area contributed by atoms with Crippen LogP contribution in [0.3, 0.4) is 0 Å². The van der Waals surface area contributed by atoms with Gasteiger partial charge in [0.2, 0.25) is 5.52 Å². The molecule has 0 radical (unpaired) electrons. The van der Waals surface area contributed by atoms with E-state index in [1.165, 1.54) is 12.2 Å². The highest BCUT2D eigenvalue weighted by molar-refractivity contribution is 7.72. The first-order valence-corrected chi connectivity index (χ1v) is 6.48. The summed E-state index contributed by atoms with van der Waals surface area (Å²) in [7, 11) is -3.75. The molecule has 0 atom stereocenters. The Hall–Kier alpha value is -0.700. The smallest absolute Gasteiger partial charge is 0.299 e. The molecule has 16 heavy (non-hydrogen) atoms. The van der Waals surface area contributed by atoms with Gasteiger partial charge >= 0.3 is 7.60 Å². The standard InChI is InChI=1S/C11H19O4P/c1-6-8-14-16(13,15-9-7-2)10(12)11(3,4)5/h6-7H,1-2,8-9H2,3-5H3. The summed E-state index contributed by atoms with van der Waals surface area (Å²) in [6.45, 7) is 11.9. The first-order valence-electron chi connectivity index (χ1n) is 4.94. The molecule has 0 saturated heterocycles. The molecule has 0 aromatic rings. The van der Waals surface area contributed by atoms with Crippen molar-refractivity contribution in [2.24, 2.45) is 5.41 Å². The van der Waals surface area contributed by atoms with Crippen LogP contribution in [0.4, 0.5) is 0 Å². The fraction of sp³-hybridized carbons (Fsp3) is 0.545. The molecule has 0 aliphatic heterocycles. The second-order valence-electron chi connectivity index (χ2n) is 4.22. The minimum absolute atomic E-state index is 0.0102. The van der Waals surface area contributed by atoms with Gasteiger partial charge in [-0.25, -0.2) is 0 Å². The lowest BCUT2D eigenvalue weighted by atomic mass is 10.00. The molecule has 0 fully saturated rings. The van der Waals surface area contributed by atoms with Gasteiger partial charge in [0.25, 0.3) is 0 Å². The van der Waals surface area contributed by atoms with Gasteiger partial charge in [0, 0.05) is 5.41 Å². The van der Waals surface area contributed by atoms with E-state index in [-0.39, 0.29) is 13.2 Å². The van der Waals surface area contributed by atoms with Gasteiger partial charge in [-0.1, -0.05) is 32.9 Å². The summed E-state index contributed by atoms with van der Waals surface area (Å²) in [5.41, 5.74) is -1.32. The molecule has 4 nitrogen and oxygen atoms in total. The van der Waals surface area contributed by atoms with Gasteiger partial charge in [-0.2, -0.15) is 0 Å². The van der Waals surface area contributed by atoms with E-state index in [0.29, 0.717) is 0 Å². The van der Waals surface area contributed by atoms with Crippen molar-refractivity contribution in [3.8, 4) is 0 Å². The Morgan fingerprint density at radius 3 is 1.81 bits per heavy atom. The maximum atomic E-state index is 12.2. The van der Waals surface area contributed by atoms with E-state index in [2.05, 4.69) is 13.2 Å². The minimum Gasteiger partial charge on any atom is -0.299 e. The quantitative estimate of drug-likeness (QED) is 0.511. The number of carbonyl (C=O) groups excluding carboxylic acids is 1. The predicted molar refractivity (Wildman–Crippen MR) is 64.4 cm³/mol. The van der Waals surface area contributed by atoms with E-state index >= 15 is 0 Å². The molecule has 0 aliphatic carbocycles. The van der Waals surface area contributed by atoms with Crippen LogP contribution in [0.25, 0.3) is 0 Å². The summed E-state index contributed by atoms with van der Waals surface area (Å²) in [5.74, 6) is 0. The average Bonchev–Trinajstić information content (AvgIpc) is 2.21. The molecule has 0 spiro atoms. The fourth-order valence-electron chi connectivity index (χ4n) is 0.867. The van der Waals surface area contributed by atoms with E-state index in [1.807, 2.05) is 0 Å². The van der Waals surface area contributed by atoms with Gasteiger partial charge in [-0.15, -0.1) is 13.2 Å². The lowest BCUT2D eigenvalue weighted by Gasteiger charge is -2.23. The van der Waals surface area contributed by atoms with E-state index in [9.17, 15) is 9.36 Å². The Labute approximate surface area is 96.9 Å². The van der Waals surface area contributed by atoms with Crippen molar-refractivity contribution in [3.05, 3.63) is 25.3 Å². The summed E-state index contributed by atoms with van der Waals surface area (Å²) >= 11 is 0. The van der Waals surface area contributed by atoms with Gasteiger partial charge in [-0.3, -0.25) is 18.4 Å². The van der Waals surface area contributed by atoms with Gasteiger partial charge in [0.05, 0.1) is 13.2 Å². The molecule has 0 aromatic heterocycles. The van der Waals surface area contributed by atoms with Crippen LogP contribution in [0.15, 0.2) is 25.3 Å². The second-order valence-corrected chi connectivity index (χ2v) is 6.14. The predicted octanol–water partition coefficient (Wildman–Crippen LogP) is 3.16. The summed E-state index contributed by atoms with van der Waals surface area (Å²) in [4.78, 5) is 11.9. The van der Waals surface area contributed by atoms with Crippen LogP contribution in [0.1, 0.15) is 20.8 Å². The highest BCUT2D eigenvalue weighted by Gasteiger charge is 2.41. The fourth-order valence-corrected chi connectivity index (χ4v) is 2.60. The van der Waals surface area contributed by atoms with Crippen molar-refractivity contribution in [2.75, 3.05) is 13.2 Å². The lowest BCUT2D eigenvalue weighted by Crippen LogP contribution is -2.22. The Kier molecular flexibility index (Phi) is 5.87. The molecule has 0 unspecified atom stereocenters. The zero-order chi connectivity index (χ0) is 12.8. The van der Waals surface area contributed by atoms with E-state index in [0.717, 1.165) is 0 Å². The van der Waals surface area contributed by atoms with E-state index < -0.39 is 18.5 Å². The molecule has 0 aromatic carbocycles. The lowest BCUT2D eigenvalue weighted by molar-refractivity contribution is -0.120. The first-order chi connectivity index (χ1) is 7.28. The van der Waals surface area contributed by atoms with Crippen LogP contribution in [0.2, 0.25) is 0 Å². The summed E-state index contributed by atoms with van der Waals surface area (Å²) in [6, 6.07) is 0. The monoisotopic (exact) mass is 246 g/mol. The van der Waals surface area contributed by atoms with Gasteiger partial charge in [0.15, 0.2) is 0 Å². The zero-order valence-electron chi connectivity index (χ0n) is 10.1. The molecule has 0 heterocycles. The molecule has 0 rings (SSSR count).